The van der Waals surface area contributed by atoms with Gasteiger partial charge in [-0.25, -0.2) is 0 Å². The van der Waals surface area contributed by atoms with E-state index in [0.29, 0.717) is 50.3 Å². The van der Waals surface area contributed by atoms with Crippen molar-refractivity contribution < 1.29 is 29.0 Å². The Hall–Kier alpha value is -3.17. The first-order valence-electron chi connectivity index (χ1n) is 16.5. The SMILES string of the molecule is C=CCN(C(=O)[C@@H]1[C@H]2C(=O)N(CCCO)C(C(=O)N(CC=C)C3CCCCC3)C23CC[C@@]1(CC)O3)c1ccc(OCC)cc1. The summed E-state index contributed by atoms with van der Waals surface area (Å²) in [7, 11) is 0. The van der Waals surface area contributed by atoms with E-state index in [4.69, 9.17) is 9.47 Å². The van der Waals surface area contributed by atoms with Crippen molar-refractivity contribution in [2.24, 2.45) is 11.8 Å². The van der Waals surface area contributed by atoms with Crippen LogP contribution in [0, 0.1) is 11.8 Å². The summed E-state index contributed by atoms with van der Waals surface area (Å²) < 4.78 is 12.6. The van der Waals surface area contributed by atoms with Gasteiger partial charge in [-0.05, 0) is 69.7 Å². The van der Waals surface area contributed by atoms with Crippen molar-refractivity contribution in [2.45, 2.75) is 94.9 Å². The maximum atomic E-state index is 14.7. The van der Waals surface area contributed by atoms with Crippen molar-refractivity contribution in [1.29, 1.82) is 0 Å². The molecule has 3 heterocycles. The van der Waals surface area contributed by atoms with E-state index in [0.717, 1.165) is 32.1 Å². The molecule has 1 saturated carbocycles. The van der Waals surface area contributed by atoms with Crippen LogP contribution in [0.4, 0.5) is 5.69 Å². The number of amides is 3. The molecule has 4 aliphatic rings. The minimum absolute atomic E-state index is 0.0819. The van der Waals surface area contributed by atoms with Crippen LogP contribution in [-0.4, -0.2) is 88.8 Å². The Bertz CT molecular complexity index is 1230. The van der Waals surface area contributed by atoms with E-state index in [1.807, 2.05) is 43.0 Å². The molecule has 5 atom stereocenters. The molecule has 240 valence electrons. The van der Waals surface area contributed by atoms with Crippen LogP contribution in [0.15, 0.2) is 49.6 Å². The number of hydrogen-bond donors (Lipinski definition) is 1. The first-order valence-corrected chi connectivity index (χ1v) is 16.5. The molecule has 9 nitrogen and oxygen atoms in total. The topological polar surface area (TPSA) is 99.6 Å². The van der Waals surface area contributed by atoms with Gasteiger partial charge in [-0.2, -0.15) is 0 Å². The van der Waals surface area contributed by atoms with Gasteiger partial charge in [-0.1, -0.05) is 38.3 Å². The molecule has 3 amide bonds. The second-order valence-electron chi connectivity index (χ2n) is 12.7. The average molecular weight is 608 g/mol. The molecule has 4 fully saturated rings. The number of fused-ring (bicyclic) bond motifs is 1. The molecule has 3 saturated heterocycles. The molecule has 0 aromatic heterocycles. The molecular formula is C35H49N3O6. The number of nitrogens with zero attached hydrogens (tertiary/aromatic N) is 3. The fourth-order valence-electron chi connectivity index (χ4n) is 8.47. The summed E-state index contributed by atoms with van der Waals surface area (Å²) in [5, 5.41) is 9.74. The van der Waals surface area contributed by atoms with Crippen LogP contribution in [0.3, 0.4) is 0 Å². The molecule has 9 heteroatoms. The van der Waals surface area contributed by atoms with E-state index in [9.17, 15) is 19.5 Å². The molecule has 5 rings (SSSR count). The van der Waals surface area contributed by atoms with Gasteiger partial charge in [0.15, 0.2) is 0 Å². The summed E-state index contributed by atoms with van der Waals surface area (Å²) in [4.78, 5) is 49.2. The maximum Gasteiger partial charge on any atom is 0.248 e. The lowest BCUT2D eigenvalue weighted by Gasteiger charge is -2.40. The van der Waals surface area contributed by atoms with Crippen LogP contribution in [0.1, 0.15) is 71.6 Å². The molecule has 2 bridgehead atoms. The van der Waals surface area contributed by atoms with Gasteiger partial charge in [0.05, 0.1) is 24.0 Å². The van der Waals surface area contributed by atoms with Crippen LogP contribution in [0.5, 0.6) is 5.75 Å². The van der Waals surface area contributed by atoms with Gasteiger partial charge in [-0.3, -0.25) is 14.4 Å². The van der Waals surface area contributed by atoms with E-state index < -0.39 is 29.1 Å². The molecule has 44 heavy (non-hydrogen) atoms. The van der Waals surface area contributed by atoms with Crippen molar-refractivity contribution in [3.8, 4) is 5.75 Å². The molecule has 1 aliphatic carbocycles. The van der Waals surface area contributed by atoms with Gasteiger partial charge >= 0.3 is 0 Å². The van der Waals surface area contributed by atoms with E-state index in [2.05, 4.69) is 13.2 Å². The second kappa shape index (κ2) is 13.4. The zero-order valence-electron chi connectivity index (χ0n) is 26.4. The number of hydrogen-bond acceptors (Lipinski definition) is 6. The summed E-state index contributed by atoms with van der Waals surface area (Å²) in [6, 6.07) is 6.60. The molecular weight excluding hydrogens is 558 g/mol. The number of rotatable bonds is 14. The van der Waals surface area contributed by atoms with Gasteiger partial charge in [0.25, 0.3) is 0 Å². The van der Waals surface area contributed by atoms with Crippen molar-refractivity contribution >= 4 is 23.4 Å². The van der Waals surface area contributed by atoms with Crippen molar-refractivity contribution in [1.82, 2.24) is 9.80 Å². The first-order chi connectivity index (χ1) is 21.3. The number of aliphatic hydroxyl groups is 1. The minimum atomic E-state index is -1.10. The Labute approximate surface area is 261 Å². The number of anilines is 1. The summed E-state index contributed by atoms with van der Waals surface area (Å²) in [6.45, 7) is 13.1. The zero-order valence-corrected chi connectivity index (χ0v) is 26.4. The summed E-state index contributed by atoms with van der Waals surface area (Å²) >= 11 is 0. The Balaban J connectivity index is 1.55. The van der Waals surface area contributed by atoms with E-state index in [1.165, 1.54) is 0 Å². The first kappa shape index (κ1) is 32.2. The number of carbonyl (C=O) groups is 3. The fraction of sp³-hybridized carbons (Fsp3) is 0.629. The highest BCUT2D eigenvalue weighted by Gasteiger charge is 2.79. The van der Waals surface area contributed by atoms with Crippen LogP contribution in [-0.2, 0) is 19.1 Å². The molecule has 1 N–H and O–H groups in total. The highest BCUT2D eigenvalue weighted by Crippen LogP contribution is 2.65. The van der Waals surface area contributed by atoms with Crippen molar-refractivity contribution in [3.63, 3.8) is 0 Å². The molecule has 2 unspecified atom stereocenters. The fourth-order valence-corrected chi connectivity index (χ4v) is 8.47. The van der Waals surface area contributed by atoms with E-state index >= 15 is 0 Å². The quantitative estimate of drug-likeness (QED) is 0.313. The van der Waals surface area contributed by atoms with Gasteiger partial charge in [0.2, 0.25) is 17.7 Å². The number of aliphatic hydroxyl groups excluding tert-OH is 1. The van der Waals surface area contributed by atoms with E-state index in [1.54, 1.807) is 22.0 Å². The third-order valence-electron chi connectivity index (χ3n) is 10.4. The largest absolute Gasteiger partial charge is 0.494 e. The van der Waals surface area contributed by atoms with Crippen LogP contribution >= 0.6 is 0 Å². The zero-order chi connectivity index (χ0) is 31.5. The highest BCUT2D eigenvalue weighted by molar-refractivity contribution is 6.03. The molecule has 1 aromatic carbocycles. The van der Waals surface area contributed by atoms with Gasteiger partial charge in [-0.15, -0.1) is 13.2 Å². The number of benzene rings is 1. The second-order valence-corrected chi connectivity index (χ2v) is 12.7. The van der Waals surface area contributed by atoms with E-state index in [-0.39, 0.29) is 43.5 Å². The Kier molecular flexibility index (Phi) is 9.85. The lowest BCUT2D eigenvalue weighted by molar-refractivity contribution is -0.154. The lowest BCUT2D eigenvalue weighted by atomic mass is 9.64. The van der Waals surface area contributed by atoms with Gasteiger partial charge in [0.1, 0.15) is 17.4 Å². The predicted octanol–water partition coefficient (Wildman–Crippen LogP) is 4.49. The minimum Gasteiger partial charge on any atom is -0.494 e. The van der Waals surface area contributed by atoms with Crippen LogP contribution in [0.2, 0.25) is 0 Å². The Morgan fingerprint density at radius 1 is 1.07 bits per heavy atom. The Morgan fingerprint density at radius 2 is 1.77 bits per heavy atom. The third kappa shape index (κ3) is 5.36. The lowest BCUT2D eigenvalue weighted by Crippen LogP contribution is -2.58. The molecule has 1 spiro atoms. The maximum absolute atomic E-state index is 14.7. The molecule has 1 aromatic rings. The van der Waals surface area contributed by atoms with Crippen molar-refractivity contribution in [2.75, 3.05) is 37.7 Å². The molecule has 3 aliphatic heterocycles. The van der Waals surface area contributed by atoms with Gasteiger partial charge < -0.3 is 29.3 Å². The third-order valence-corrected chi connectivity index (χ3v) is 10.4. The van der Waals surface area contributed by atoms with Crippen molar-refractivity contribution in [3.05, 3.63) is 49.6 Å². The van der Waals surface area contributed by atoms with Crippen LogP contribution in [0.25, 0.3) is 0 Å². The predicted molar refractivity (Wildman–Crippen MR) is 169 cm³/mol. The standard InChI is InChI=1S/C35H49N3O6/c1-5-21-36(26-15-17-27(18-16-26)43-8-4)31(40)28-29-32(41)38(23-12-24-39)30(35(29)20-19-34(28,7-3)44-35)33(42)37(22-6-2)25-13-10-9-11-14-25/h5-6,15-18,25,28-30,39H,1-2,7-14,19-24H2,3-4H3/t28-,29-,30?,34+,35?/m0/s1. The Morgan fingerprint density at radius 3 is 2.39 bits per heavy atom. The molecule has 0 radical (unpaired) electrons. The van der Waals surface area contributed by atoms with Gasteiger partial charge in [0, 0.05) is 38.0 Å². The average Bonchev–Trinajstić information content (AvgIpc) is 3.65. The summed E-state index contributed by atoms with van der Waals surface area (Å²) in [5.74, 6) is -1.37. The monoisotopic (exact) mass is 607 g/mol. The van der Waals surface area contributed by atoms with Crippen LogP contribution < -0.4 is 9.64 Å². The number of likely N-dealkylation sites (tertiary alicyclic amines) is 1. The summed E-state index contributed by atoms with van der Waals surface area (Å²) in [6.07, 6.45) is 10.6. The highest BCUT2D eigenvalue weighted by atomic mass is 16.5. The summed E-state index contributed by atoms with van der Waals surface area (Å²) in [5.41, 5.74) is -1.27. The number of ether oxygens (including phenoxy) is 2. The normalized spacial score (nSPS) is 29.4. The smallest absolute Gasteiger partial charge is 0.248 e. The number of carbonyl (C=O) groups excluding carboxylic acids is 3.